The Balaban J connectivity index is 1.96. The zero-order valence-electron chi connectivity index (χ0n) is 8.67. The lowest BCUT2D eigenvalue weighted by atomic mass is 10.2. The largest absolute Gasteiger partial charge is 0.337 e. The molecule has 0 aliphatic carbocycles. The summed E-state index contributed by atoms with van der Waals surface area (Å²) in [6, 6.07) is 2.05. The van der Waals surface area contributed by atoms with Crippen molar-refractivity contribution in [3.63, 3.8) is 0 Å². The van der Waals surface area contributed by atoms with Gasteiger partial charge in [-0.05, 0) is 18.9 Å². The Kier molecular flexibility index (Phi) is 3.01. The first-order chi connectivity index (χ1) is 7.31. The minimum atomic E-state index is 0.117. The smallest absolute Gasteiger partial charge is 0.244 e. The molecule has 0 aromatic carbocycles. The third kappa shape index (κ3) is 2.18. The first kappa shape index (κ1) is 10.2. The molecule has 0 radical (unpaired) electrons. The lowest BCUT2D eigenvalue weighted by Gasteiger charge is -2.23. The molecule has 2 heterocycles. The van der Waals surface area contributed by atoms with Gasteiger partial charge in [-0.1, -0.05) is 0 Å². The van der Waals surface area contributed by atoms with Gasteiger partial charge in [-0.2, -0.15) is 5.10 Å². The van der Waals surface area contributed by atoms with Gasteiger partial charge >= 0.3 is 0 Å². The zero-order valence-corrected chi connectivity index (χ0v) is 8.67. The fourth-order valence-corrected chi connectivity index (χ4v) is 2.03. The van der Waals surface area contributed by atoms with Gasteiger partial charge in [0.1, 0.15) is 6.54 Å². The first-order valence-electron chi connectivity index (χ1n) is 5.28. The van der Waals surface area contributed by atoms with E-state index in [9.17, 15) is 4.79 Å². The number of aromatic nitrogens is 2. The molecule has 2 N–H and O–H groups in total. The predicted octanol–water partition coefficient (Wildman–Crippen LogP) is -0.167. The van der Waals surface area contributed by atoms with Crippen LogP contribution in [0.5, 0.6) is 0 Å². The van der Waals surface area contributed by atoms with Crippen LogP contribution in [0.25, 0.3) is 0 Å². The number of rotatable bonds is 3. The molecule has 1 aromatic heterocycles. The molecule has 1 atom stereocenters. The normalized spacial score (nSPS) is 20.9. The van der Waals surface area contributed by atoms with Gasteiger partial charge in [-0.25, -0.2) is 0 Å². The van der Waals surface area contributed by atoms with Crippen LogP contribution in [0.1, 0.15) is 12.8 Å². The summed E-state index contributed by atoms with van der Waals surface area (Å²) in [7, 11) is 0. The Labute approximate surface area is 88.8 Å². The van der Waals surface area contributed by atoms with Crippen molar-refractivity contribution in [2.75, 3.05) is 13.1 Å². The lowest BCUT2D eigenvalue weighted by molar-refractivity contribution is -0.132. The topological polar surface area (TPSA) is 64.2 Å². The predicted molar refractivity (Wildman–Crippen MR) is 56.0 cm³/mol. The van der Waals surface area contributed by atoms with Gasteiger partial charge in [0.25, 0.3) is 0 Å². The second kappa shape index (κ2) is 4.44. The van der Waals surface area contributed by atoms with Crippen LogP contribution in [0, 0.1) is 0 Å². The van der Waals surface area contributed by atoms with E-state index in [0.29, 0.717) is 13.1 Å². The number of carbonyl (C=O) groups excluding carboxylic acids is 1. The maximum Gasteiger partial charge on any atom is 0.244 e. The molecule has 82 valence electrons. The Morgan fingerprint density at radius 1 is 1.60 bits per heavy atom. The van der Waals surface area contributed by atoms with Gasteiger partial charge in [-0.15, -0.1) is 0 Å². The Hall–Kier alpha value is -1.36. The van der Waals surface area contributed by atoms with Gasteiger partial charge in [-0.3, -0.25) is 9.48 Å². The maximum atomic E-state index is 11.9. The highest BCUT2D eigenvalue weighted by molar-refractivity contribution is 5.76. The fourth-order valence-electron chi connectivity index (χ4n) is 2.03. The highest BCUT2D eigenvalue weighted by Crippen LogP contribution is 2.16. The highest BCUT2D eigenvalue weighted by Gasteiger charge is 2.27. The van der Waals surface area contributed by atoms with Gasteiger partial charge < -0.3 is 10.6 Å². The molecule has 2 rings (SSSR count). The number of nitrogens with zero attached hydrogens (tertiary/aromatic N) is 3. The molecule has 1 aromatic rings. The molecule has 1 aliphatic rings. The van der Waals surface area contributed by atoms with E-state index in [1.165, 1.54) is 0 Å². The fraction of sp³-hybridized carbons (Fsp3) is 0.600. The minimum Gasteiger partial charge on any atom is -0.337 e. The average molecular weight is 208 g/mol. The van der Waals surface area contributed by atoms with Crippen LogP contribution in [-0.4, -0.2) is 39.7 Å². The molecule has 1 amide bonds. The van der Waals surface area contributed by atoms with Crippen molar-refractivity contribution in [2.24, 2.45) is 5.73 Å². The van der Waals surface area contributed by atoms with Crippen molar-refractivity contribution >= 4 is 5.91 Å². The molecule has 1 unspecified atom stereocenters. The van der Waals surface area contributed by atoms with E-state index < -0.39 is 0 Å². The van der Waals surface area contributed by atoms with Crippen LogP contribution in [0.4, 0.5) is 0 Å². The SMILES string of the molecule is NCC1CCCN1C(=O)Cn1cccn1. The molecule has 1 saturated heterocycles. The monoisotopic (exact) mass is 208 g/mol. The number of amides is 1. The maximum absolute atomic E-state index is 11.9. The summed E-state index contributed by atoms with van der Waals surface area (Å²) >= 11 is 0. The average Bonchev–Trinajstić information content (AvgIpc) is 2.86. The zero-order chi connectivity index (χ0) is 10.7. The van der Waals surface area contributed by atoms with Crippen molar-refractivity contribution < 1.29 is 4.79 Å². The molecule has 15 heavy (non-hydrogen) atoms. The standard InChI is InChI=1S/C10H16N4O/c11-7-9-3-1-6-14(9)10(15)8-13-5-2-4-12-13/h2,4-5,9H,1,3,6-8,11H2. The summed E-state index contributed by atoms with van der Waals surface area (Å²) in [4.78, 5) is 13.8. The molecule has 1 fully saturated rings. The number of hydrogen-bond donors (Lipinski definition) is 1. The van der Waals surface area contributed by atoms with Gasteiger partial charge in [0.2, 0.25) is 5.91 Å². The van der Waals surface area contributed by atoms with E-state index in [0.717, 1.165) is 19.4 Å². The Bertz CT molecular complexity index is 322. The lowest BCUT2D eigenvalue weighted by Crippen LogP contribution is -2.41. The van der Waals surface area contributed by atoms with E-state index in [1.807, 2.05) is 11.0 Å². The third-order valence-corrected chi connectivity index (χ3v) is 2.83. The summed E-state index contributed by atoms with van der Waals surface area (Å²) in [5, 5.41) is 4.02. The van der Waals surface area contributed by atoms with Gasteiger partial charge in [0.15, 0.2) is 0 Å². The van der Waals surface area contributed by atoms with Crippen LogP contribution in [0.3, 0.4) is 0 Å². The molecule has 5 heteroatoms. The summed E-state index contributed by atoms with van der Waals surface area (Å²) < 4.78 is 1.65. The Morgan fingerprint density at radius 3 is 3.13 bits per heavy atom. The minimum absolute atomic E-state index is 0.117. The third-order valence-electron chi connectivity index (χ3n) is 2.83. The first-order valence-corrected chi connectivity index (χ1v) is 5.28. The number of hydrogen-bond acceptors (Lipinski definition) is 3. The van der Waals surface area contributed by atoms with Crippen molar-refractivity contribution in [2.45, 2.75) is 25.4 Å². The van der Waals surface area contributed by atoms with Gasteiger partial charge in [0, 0.05) is 31.5 Å². The number of likely N-dealkylation sites (tertiary alicyclic amines) is 1. The summed E-state index contributed by atoms with van der Waals surface area (Å²) in [6.07, 6.45) is 5.57. The van der Waals surface area contributed by atoms with Crippen LogP contribution in [0.15, 0.2) is 18.5 Å². The second-order valence-corrected chi connectivity index (χ2v) is 3.82. The quantitative estimate of drug-likeness (QED) is 0.750. The van der Waals surface area contributed by atoms with Gasteiger partial charge in [0.05, 0.1) is 0 Å². The van der Waals surface area contributed by atoms with E-state index >= 15 is 0 Å². The Morgan fingerprint density at radius 2 is 2.47 bits per heavy atom. The van der Waals surface area contributed by atoms with E-state index in [-0.39, 0.29) is 11.9 Å². The summed E-state index contributed by atoms with van der Waals surface area (Å²) in [6.45, 7) is 1.72. The van der Waals surface area contributed by atoms with Crippen molar-refractivity contribution in [1.29, 1.82) is 0 Å². The van der Waals surface area contributed by atoms with Crippen LogP contribution >= 0.6 is 0 Å². The highest BCUT2D eigenvalue weighted by atomic mass is 16.2. The second-order valence-electron chi connectivity index (χ2n) is 3.82. The molecule has 0 bridgehead atoms. The molecule has 5 nitrogen and oxygen atoms in total. The summed E-state index contributed by atoms with van der Waals surface area (Å²) in [5.41, 5.74) is 5.62. The van der Waals surface area contributed by atoms with Crippen molar-refractivity contribution in [3.05, 3.63) is 18.5 Å². The van der Waals surface area contributed by atoms with E-state index in [1.54, 1.807) is 17.1 Å². The molecular formula is C10H16N4O. The van der Waals surface area contributed by atoms with E-state index in [2.05, 4.69) is 5.10 Å². The van der Waals surface area contributed by atoms with Crippen LogP contribution in [0.2, 0.25) is 0 Å². The van der Waals surface area contributed by atoms with Crippen LogP contribution < -0.4 is 5.73 Å². The molecule has 0 saturated carbocycles. The number of carbonyl (C=O) groups is 1. The molecular weight excluding hydrogens is 192 g/mol. The van der Waals surface area contributed by atoms with Crippen molar-refractivity contribution in [3.8, 4) is 0 Å². The molecule has 1 aliphatic heterocycles. The molecule has 0 spiro atoms. The van der Waals surface area contributed by atoms with Crippen molar-refractivity contribution in [1.82, 2.24) is 14.7 Å². The van der Waals surface area contributed by atoms with Crippen LogP contribution in [-0.2, 0) is 11.3 Å². The number of nitrogens with two attached hydrogens (primary N) is 1. The summed E-state index contributed by atoms with van der Waals surface area (Å²) in [5.74, 6) is 0.117. The van der Waals surface area contributed by atoms with E-state index in [4.69, 9.17) is 5.73 Å².